The molecule has 2 N–H and O–H groups in total. The molecule has 0 radical (unpaired) electrons. The van der Waals surface area contributed by atoms with Gasteiger partial charge in [0, 0.05) is 5.69 Å². The highest BCUT2D eigenvalue weighted by Crippen LogP contribution is 2.32. The molecule has 6 heteroatoms. The predicted octanol–water partition coefficient (Wildman–Crippen LogP) is 6.80. The van der Waals surface area contributed by atoms with Crippen LogP contribution < -0.4 is 4.90 Å². The van der Waals surface area contributed by atoms with Crippen LogP contribution in [0.15, 0.2) is 84.7 Å². The number of carbonyl (C=O) groups is 1. The molecule has 2 atom stereocenters. The van der Waals surface area contributed by atoms with Gasteiger partial charge >= 0.3 is 0 Å². The molecular weight excluding hydrogens is 424 g/mol. The molecular formula is C27H33F2NO3. The summed E-state index contributed by atoms with van der Waals surface area (Å²) in [5.41, 5.74) is 2.15. The van der Waals surface area contributed by atoms with Gasteiger partial charge in [-0.1, -0.05) is 45.6 Å². The van der Waals surface area contributed by atoms with E-state index in [1.807, 2.05) is 20.8 Å². The number of allylic oxidation sites excluding steroid dienone is 2. The molecule has 3 rings (SSSR count). The first-order chi connectivity index (χ1) is 15.8. The molecule has 33 heavy (non-hydrogen) atoms. The Balaban J connectivity index is 0.000000354. The van der Waals surface area contributed by atoms with Crippen molar-refractivity contribution in [3.8, 4) is 0 Å². The molecule has 0 bridgehead atoms. The molecule has 1 amide bonds. The Bertz CT molecular complexity index is 950. The number of β-lactam (4-membered cyclic amide) rings is 1. The van der Waals surface area contributed by atoms with Gasteiger partial charge in [-0.2, -0.15) is 0 Å². The topological polar surface area (TPSA) is 60.8 Å². The maximum Gasteiger partial charge on any atom is 0.230 e. The number of halogens is 2. The van der Waals surface area contributed by atoms with Crippen LogP contribution in [0.1, 0.15) is 52.2 Å². The first-order valence-corrected chi connectivity index (χ1v) is 11.0. The monoisotopic (exact) mass is 457 g/mol. The van der Waals surface area contributed by atoms with Crippen molar-refractivity contribution in [1.82, 2.24) is 0 Å². The Labute approximate surface area is 195 Å². The molecule has 1 fully saturated rings. The minimum Gasteiger partial charge on any atom is -0.508 e. The molecule has 0 aromatic heterocycles. The van der Waals surface area contributed by atoms with Gasteiger partial charge < -0.3 is 15.1 Å². The van der Waals surface area contributed by atoms with Gasteiger partial charge in [0.25, 0.3) is 0 Å². The van der Waals surface area contributed by atoms with Gasteiger partial charge in [-0.15, -0.1) is 0 Å². The summed E-state index contributed by atoms with van der Waals surface area (Å²) in [6, 6.07) is 11.5. The molecule has 2 aromatic carbocycles. The van der Waals surface area contributed by atoms with Crippen LogP contribution in [-0.4, -0.2) is 22.2 Å². The highest BCUT2D eigenvalue weighted by Gasteiger charge is 2.38. The van der Waals surface area contributed by atoms with Crippen molar-refractivity contribution in [2.45, 2.75) is 52.7 Å². The fourth-order valence-electron chi connectivity index (χ4n) is 2.96. The van der Waals surface area contributed by atoms with Crippen LogP contribution in [0.5, 0.6) is 0 Å². The van der Waals surface area contributed by atoms with E-state index in [0.717, 1.165) is 11.1 Å². The minimum atomic E-state index is -0.462. The van der Waals surface area contributed by atoms with Crippen molar-refractivity contribution in [2.75, 3.05) is 4.90 Å². The molecule has 1 saturated heterocycles. The Morgan fingerprint density at radius 2 is 1.61 bits per heavy atom. The number of benzene rings is 2. The number of carbonyl (C=O) groups excluding carboxylic acids is 1. The van der Waals surface area contributed by atoms with Crippen LogP contribution in [-0.2, 0) is 4.79 Å². The Morgan fingerprint density at radius 3 is 2.06 bits per heavy atom. The van der Waals surface area contributed by atoms with E-state index in [-0.39, 0.29) is 29.3 Å². The number of hydrogen-bond acceptors (Lipinski definition) is 3. The average molecular weight is 458 g/mol. The van der Waals surface area contributed by atoms with Crippen LogP contribution >= 0.6 is 0 Å². The van der Waals surface area contributed by atoms with Gasteiger partial charge in [-0.25, -0.2) is 8.78 Å². The second-order valence-electron chi connectivity index (χ2n) is 7.06. The van der Waals surface area contributed by atoms with Crippen LogP contribution in [0.2, 0.25) is 0 Å². The maximum atomic E-state index is 12.9. The molecule has 2 unspecified atom stereocenters. The van der Waals surface area contributed by atoms with Gasteiger partial charge in [0.2, 0.25) is 5.91 Å². The van der Waals surface area contributed by atoms with Crippen molar-refractivity contribution in [3.05, 3.63) is 102 Å². The summed E-state index contributed by atoms with van der Waals surface area (Å²) in [5.74, 6) is -0.483. The molecule has 0 spiro atoms. The smallest absolute Gasteiger partial charge is 0.230 e. The maximum absolute atomic E-state index is 12.9. The highest BCUT2D eigenvalue weighted by molar-refractivity contribution is 6.02. The van der Waals surface area contributed by atoms with Gasteiger partial charge in [-0.3, -0.25) is 4.79 Å². The van der Waals surface area contributed by atoms with E-state index in [1.165, 1.54) is 30.3 Å². The standard InChI is InChI=1S/C16H16FNO2.C9H11FO.C2H6/c1-3-14(19)9-4-11(2)15-10-16(20)18(15)13-7-5-12(17)6-8-13;1-2-9(11)7-3-5-8(10)6-4-7;1-2/h3-9,15,19H,2,10H2,1H3;3-6,9,11H,2H2,1H3;1-2H3/b9-4-,14-3+;;. The third-order valence-corrected chi connectivity index (χ3v) is 4.89. The van der Waals surface area contributed by atoms with Gasteiger partial charge in [-0.05, 0) is 73.0 Å². The lowest BCUT2D eigenvalue weighted by atomic mass is 9.93. The summed E-state index contributed by atoms with van der Waals surface area (Å²) in [6.07, 6.45) is 5.35. The van der Waals surface area contributed by atoms with E-state index in [4.69, 9.17) is 0 Å². The van der Waals surface area contributed by atoms with E-state index in [1.54, 1.807) is 48.2 Å². The highest BCUT2D eigenvalue weighted by atomic mass is 19.1. The van der Waals surface area contributed by atoms with Gasteiger partial charge in [0.05, 0.1) is 18.6 Å². The number of rotatable bonds is 6. The van der Waals surface area contributed by atoms with Crippen molar-refractivity contribution >= 4 is 11.6 Å². The summed E-state index contributed by atoms with van der Waals surface area (Å²) >= 11 is 0. The van der Waals surface area contributed by atoms with E-state index < -0.39 is 6.10 Å². The van der Waals surface area contributed by atoms with Gasteiger partial charge in [0.15, 0.2) is 0 Å². The number of anilines is 1. The van der Waals surface area contributed by atoms with E-state index in [2.05, 4.69) is 6.58 Å². The van der Waals surface area contributed by atoms with Crippen LogP contribution in [0.25, 0.3) is 0 Å². The SMILES string of the molecule is C=C(/C=C\C(O)=C/C)C1CC(=O)N1c1ccc(F)cc1.CC.CCC(O)c1ccc(F)cc1. The fraction of sp³-hybridized carbons (Fsp3) is 0.296. The minimum absolute atomic E-state index is 0.0218. The molecule has 1 aliphatic rings. The zero-order valence-electron chi connectivity index (χ0n) is 19.6. The van der Waals surface area contributed by atoms with Crippen molar-refractivity contribution in [2.24, 2.45) is 0 Å². The fourth-order valence-corrected chi connectivity index (χ4v) is 2.96. The summed E-state index contributed by atoms with van der Waals surface area (Å²) in [4.78, 5) is 13.3. The molecule has 2 aromatic rings. The molecule has 1 heterocycles. The summed E-state index contributed by atoms with van der Waals surface area (Å²) in [7, 11) is 0. The molecule has 1 aliphatic heterocycles. The van der Waals surface area contributed by atoms with Crippen LogP contribution in [0.4, 0.5) is 14.5 Å². The second kappa shape index (κ2) is 14.0. The summed E-state index contributed by atoms with van der Waals surface area (Å²) in [5, 5.41) is 18.7. The number of amides is 1. The molecule has 0 aliphatic carbocycles. The van der Waals surface area contributed by atoms with Crippen molar-refractivity contribution in [1.29, 1.82) is 0 Å². The van der Waals surface area contributed by atoms with E-state index in [0.29, 0.717) is 18.5 Å². The lowest BCUT2D eigenvalue weighted by molar-refractivity contribution is -0.123. The third-order valence-electron chi connectivity index (χ3n) is 4.89. The first-order valence-electron chi connectivity index (χ1n) is 11.0. The Hall–Kier alpha value is -3.25. The first kappa shape index (κ1) is 27.8. The molecule has 178 valence electrons. The second-order valence-corrected chi connectivity index (χ2v) is 7.06. The summed E-state index contributed by atoms with van der Waals surface area (Å²) < 4.78 is 25.3. The zero-order valence-corrected chi connectivity index (χ0v) is 19.6. The lowest BCUT2D eigenvalue weighted by Gasteiger charge is -2.41. The zero-order chi connectivity index (χ0) is 25.0. The van der Waals surface area contributed by atoms with Crippen LogP contribution in [0, 0.1) is 11.6 Å². The number of aliphatic hydroxyl groups excluding tert-OH is 2. The Morgan fingerprint density at radius 1 is 1.09 bits per heavy atom. The number of hydrogen-bond donors (Lipinski definition) is 2. The average Bonchev–Trinajstić information content (AvgIpc) is 2.83. The summed E-state index contributed by atoms with van der Waals surface area (Å²) in [6.45, 7) is 11.5. The number of nitrogens with zero attached hydrogens (tertiary/aromatic N) is 1. The predicted molar refractivity (Wildman–Crippen MR) is 130 cm³/mol. The normalized spacial score (nSPS) is 16.2. The quantitative estimate of drug-likeness (QED) is 0.285. The molecule has 0 saturated carbocycles. The lowest BCUT2D eigenvalue weighted by Crippen LogP contribution is -2.53. The van der Waals surface area contributed by atoms with Crippen LogP contribution in [0.3, 0.4) is 0 Å². The van der Waals surface area contributed by atoms with Crippen molar-refractivity contribution < 1.29 is 23.8 Å². The van der Waals surface area contributed by atoms with E-state index in [9.17, 15) is 23.8 Å². The third kappa shape index (κ3) is 8.31. The van der Waals surface area contributed by atoms with Gasteiger partial charge in [0.1, 0.15) is 17.4 Å². The van der Waals surface area contributed by atoms with E-state index >= 15 is 0 Å². The van der Waals surface area contributed by atoms with Crippen molar-refractivity contribution in [3.63, 3.8) is 0 Å². The largest absolute Gasteiger partial charge is 0.508 e. The molecule has 4 nitrogen and oxygen atoms in total. The Kier molecular flexibility index (Phi) is 11.8. The number of aliphatic hydroxyl groups is 2.